The number of nitrogens with one attached hydrogen (secondary N) is 1. The van der Waals surface area contributed by atoms with Crippen LogP contribution < -0.4 is 15.8 Å². The standard InChI is InChI=1S/C16H15N3O2/c1-21-14-9-5-4-8-13(14)19-15(16(18)20)12-7-3-2-6-11(12)10-17/h2-9,15,19H,1H3,(H2,18,20). The first-order valence-corrected chi connectivity index (χ1v) is 6.35. The number of para-hydroxylation sites is 2. The Morgan fingerprint density at radius 2 is 1.90 bits per heavy atom. The lowest BCUT2D eigenvalue weighted by Gasteiger charge is -2.19. The Morgan fingerprint density at radius 3 is 2.57 bits per heavy atom. The molecule has 106 valence electrons. The fourth-order valence-electron chi connectivity index (χ4n) is 2.07. The average molecular weight is 281 g/mol. The lowest BCUT2D eigenvalue weighted by Crippen LogP contribution is -2.28. The van der Waals surface area contributed by atoms with Gasteiger partial charge in [0.05, 0.1) is 24.4 Å². The molecule has 5 nitrogen and oxygen atoms in total. The molecule has 0 fully saturated rings. The molecule has 0 heterocycles. The first-order valence-electron chi connectivity index (χ1n) is 6.35. The van der Waals surface area contributed by atoms with Crippen molar-refractivity contribution in [3.05, 3.63) is 59.7 Å². The van der Waals surface area contributed by atoms with Crippen molar-refractivity contribution in [3.8, 4) is 11.8 Å². The summed E-state index contributed by atoms with van der Waals surface area (Å²) in [6.45, 7) is 0. The fraction of sp³-hybridized carbons (Fsp3) is 0.125. The SMILES string of the molecule is COc1ccccc1NC(C(N)=O)c1ccccc1C#N. The Morgan fingerprint density at radius 1 is 1.24 bits per heavy atom. The molecule has 0 saturated heterocycles. The molecule has 0 spiro atoms. The van der Waals surface area contributed by atoms with Gasteiger partial charge in [0.2, 0.25) is 5.91 Å². The van der Waals surface area contributed by atoms with Crippen LogP contribution in [0.1, 0.15) is 17.2 Å². The third-order valence-electron chi connectivity index (χ3n) is 3.08. The number of primary amides is 1. The van der Waals surface area contributed by atoms with Gasteiger partial charge in [0.25, 0.3) is 0 Å². The zero-order valence-electron chi connectivity index (χ0n) is 11.5. The van der Waals surface area contributed by atoms with Crippen LogP contribution in [-0.4, -0.2) is 13.0 Å². The van der Waals surface area contributed by atoms with Crippen LogP contribution in [-0.2, 0) is 4.79 Å². The van der Waals surface area contributed by atoms with Crippen molar-refractivity contribution in [2.45, 2.75) is 6.04 Å². The average Bonchev–Trinajstić information content (AvgIpc) is 2.52. The zero-order chi connectivity index (χ0) is 15.2. The first-order chi connectivity index (χ1) is 10.2. The molecule has 0 aromatic heterocycles. The van der Waals surface area contributed by atoms with Crippen LogP contribution >= 0.6 is 0 Å². The number of amides is 1. The predicted octanol–water partition coefficient (Wildman–Crippen LogP) is 2.21. The fourth-order valence-corrected chi connectivity index (χ4v) is 2.07. The number of hydrogen-bond acceptors (Lipinski definition) is 4. The Labute approximate surface area is 123 Å². The highest BCUT2D eigenvalue weighted by molar-refractivity contribution is 5.85. The van der Waals surface area contributed by atoms with Crippen molar-refractivity contribution in [2.75, 3.05) is 12.4 Å². The van der Waals surface area contributed by atoms with Crippen molar-refractivity contribution >= 4 is 11.6 Å². The molecule has 2 aromatic rings. The number of nitrogens with two attached hydrogens (primary N) is 1. The minimum Gasteiger partial charge on any atom is -0.495 e. The van der Waals surface area contributed by atoms with Crippen molar-refractivity contribution in [2.24, 2.45) is 5.73 Å². The topological polar surface area (TPSA) is 88.1 Å². The molecule has 2 rings (SSSR count). The van der Waals surface area contributed by atoms with Gasteiger partial charge in [-0.3, -0.25) is 4.79 Å². The van der Waals surface area contributed by atoms with Gasteiger partial charge < -0.3 is 15.8 Å². The molecule has 5 heteroatoms. The maximum atomic E-state index is 11.8. The van der Waals surface area contributed by atoms with Gasteiger partial charge in [0, 0.05) is 5.56 Å². The molecule has 0 bridgehead atoms. The van der Waals surface area contributed by atoms with E-state index < -0.39 is 11.9 Å². The Balaban J connectivity index is 2.41. The van der Waals surface area contributed by atoms with E-state index in [9.17, 15) is 4.79 Å². The van der Waals surface area contributed by atoms with E-state index in [1.807, 2.05) is 12.1 Å². The highest BCUT2D eigenvalue weighted by atomic mass is 16.5. The van der Waals surface area contributed by atoms with Gasteiger partial charge in [-0.1, -0.05) is 30.3 Å². The number of carbonyl (C=O) groups is 1. The number of benzene rings is 2. The Bertz CT molecular complexity index is 692. The quantitative estimate of drug-likeness (QED) is 0.879. The van der Waals surface area contributed by atoms with Crippen LogP contribution in [0.15, 0.2) is 48.5 Å². The van der Waals surface area contributed by atoms with Crippen LogP contribution in [0.3, 0.4) is 0 Å². The minimum absolute atomic E-state index is 0.406. The van der Waals surface area contributed by atoms with Crippen LogP contribution in [0, 0.1) is 11.3 Å². The van der Waals surface area contributed by atoms with E-state index in [4.69, 9.17) is 15.7 Å². The normalized spacial score (nSPS) is 11.2. The van der Waals surface area contributed by atoms with E-state index in [0.29, 0.717) is 22.6 Å². The second-order valence-electron chi connectivity index (χ2n) is 4.38. The molecule has 0 radical (unpaired) electrons. The summed E-state index contributed by atoms with van der Waals surface area (Å²) in [4.78, 5) is 11.8. The Hall–Kier alpha value is -3.00. The molecular weight excluding hydrogens is 266 g/mol. The third kappa shape index (κ3) is 3.12. The van der Waals surface area contributed by atoms with Crippen molar-refractivity contribution in [1.29, 1.82) is 5.26 Å². The van der Waals surface area contributed by atoms with Crippen molar-refractivity contribution in [3.63, 3.8) is 0 Å². The molecule has 3 N–H and O–H groups in total. The van der Waals surface area contributed by atoms with Gasteiger partial charge in [0.1, 0.15) is 11.8 Å². The monoisotopic (exact) mass is 281 g/mol. The van der Waals surface area contributed by atoms with Crippen LogP contribution in [0.25, 0.3) is 0 Å². The number of carbonyl (C=O) groups excluding carboxylic acids is 1. The second kappa shape index (κ2) is 6.44. The zero-order valence-corrected chi connectivity index (χ0v) is 11.5. The van der Waals surface area contributed by atoms with Gasteiger partial charge in [-0.2, -0.15) is 5.26 Å². The summed E-state index contributed by atoms with van der Waals surface area (Å²) in [5.41, 5.74) is 7.06. The first kappa shape index (κ1) is 14.4. The highest BCUT2D eigenvalue weighted by Gasteiger charge is 2.21. The van der Waals surface area contributed by atoms with E-state index in [2.05, 4.69) is 11.4 Å². The number of rotatable bonds is 5. The van der Waals surface area contributed by atoms with E-state index in [1.165, 1.54) is 0 Å². The van der Waals surface area contributed by atoms with Crippen LogP contribution in [0.5, 0.6) is 5.75 Å². The molecule has 0 saturated carbocycles. The number of nitrogens with zero attached hydrogens (tertiary/aromatic N) is 1. The summed E-state index contributed by atoms with van der Waals surface area (Å²) in [6, 6.07) is 15.3. The third-order valence-corrected chi connectivity index (χ3v) is 3.08. The lowest BCUT2D eigenvalue weighted by molar-refractivity contribution is -0.118. The summed E-state index contributed by atoms with van der Waals surface area (Å²) in [7, 11) is 1.54. The van der Waals surface area contributed by atoms with E-state index in [1.54, 1.807) is 43.5 Å². The van der Waals surface area contributed by atoms with E-state index in [0.717, 1.165) is 0 Å². The molecule has 21 heavy (non-hydrogen) atoms. The lowest BCUT2D eigenvalue weighted by atomic mass is 10.00. The molecular formula is C16H15N3O2. The van der Waals surface area contributed by atoms with Gasteiger partial charge in [-0.15, -0.1) is 0 Å². The highest BCUT2D eigenvalue weighted by Crippen LogP contribution is 2.28. The van der Waals surface area contributed by atoms with E-state index in [-0.39, 0.29) is 0 Å². The molecule has 1 amide bonds. The summed E-state index contributed by atoms with van der Waals surface area (Å²) in [5.74, 6) is 0.0294. The molecule has 0 aliphatic carbocycles. The Kier molecular flexibility index (Phi) is 4.42. The van der Waals surface area contributed by atoms with Crippen molar-refractivity contribution < 1.29 is 9.53 Å². The van der Waals surface area contributed by atoms with E-state index >= 15 is 0 Å². The largest absolute Gasteiger partial charge is 0.495 e. The van der Waals surface area contributed by atoms with Gasteiger partial charge in [0.15, 0.2) is 0 Å². The summed E-state index contributed by atoms with van der Waals surface area (Å²) >= 11 is 0. The van der Waals surface area contributed by atoms with Crippen LogP contribution in [0.4, 0.5) is 5.69 Å². The molecule has 2 aromatic carbocycles. The summed E-state index contributed by atoms with van der Waals surface area (Å²) < 4.78 is 5.24. The smallest absolute Gasteiger partial charge is 0.244 e. The molecule has 0 aliphatic heterocycles. The number of nitriles is 1. The predicted molar refractivity (Wildman–Crippen MR) is 79.7 cm³/mol. The van der Waals surface area contributed by atoms with Crippen molar-refractivity contribution in [1.82, 2.24) is 0 Å². The molecule has 1 unspecified atom stereocenters. The molecule has 1 atom stereocenters. The maximum Gasteiger partial charge on any atom is 0.244 e. The minimum atomic E-state index is -0.808. The molecule has 0 aliphatic rings. The number of ether oxygens (including phenoxy) is 1. The van der Waals surface area contributed by atoms with Gasteiger partial charge >= 0.3 is 0 Å². The summed E-state index contributed by atoms with van der Waals surface area (Å²) in [6.07, 6.45) is 0. The number of hydrogen-bond donors (Lipinski definition) is 2. The maximum absolute atomic E-state index is 11.8. The summed E-state index contributed by atoms with van der Waals surface area (Å²) in [5, 5.41) is 12.2. The second-order valence-corrected chi connectivity index (χ2v) is 4.38. The van der Waals surface area contributed by atoms with Gasteiger partial charge in [-0.05, 0) is 18.2 Å². The number of methoxy groups -OCH3 is 1. The van der Waals surface area contributed by atoms with Crippen LogP contribution in [0.2, 0.25) is 0 Å². The number of anilines is 1. The van der Waals surface area contributed by atoms with Gasteiger partial charge in [-0.25, -0.2) is 0 Å².